The maximum Gasteiger partial charge on any atom is 0.0702 e. The highest BCUT2D eigenvalue weighted by Crippen LogP contribution is 2.25. The van der Waals surface area contributed by atoms with Crippen molar-refractivity contribution in [3.8, 4) is 0 Å². The first-order valence-electron chi connectivity index (χ1n) is 8.87. The fourth-order valence-corrected chi connectivity index (χ4v) is 2.89. The Morgan fingerprint density at radius 2 is 1.90 bits per heavy atom. The molecule has 2 unspecified atom stereocenters. The van der Waals surface area contributed by atoms with Gasteiger partial charge >= 0.3 is 0 Å². The third-order valence-electron chi connectivity index (χ3n) is 4.52. The average Bonchev–Trinajstić information content (AvgIpc) is 2.43. The molecule has 0 aromatic rings. The Morgan fingerprint density at radius 3 is 2.48 bits per heavy atom. The summed E-state index contributed by atoms with van der Waals surface area (Å²) < 4.78 is 5.97. The van der Waals surface area contributed by atoms with E-state index in [2.05, 4.69) is 51.8 Å². The van der Waals surface area contributed by atoms with Gasteiger partial charge in [-0.05, 0) is 58.4 Å². The van der Waals surface area contributed by atoms with Crippen LogP contribution >= 0.6 is 0 Å². The molecular formula is C18H38N2O. The molecule has 1 fully saturated rings. The molecule has 1 saturated heterocycles. The predicted molar refractivity (Wildman–Crippen MR) is 91.9 cm³/mol. The molecule has 1 heterocycles. The second-order valence-electron chi connectivity index (χ2n) is 8.14. The van der Waals surface area contributed by atoms with Gasteiger partial charge in [0.2, 0.25) is 0 Å². The molecule has 3 nitrogen and oxygen atoms in total. The van der Waals surface area contributed by atoms with Crippen molar-refractivity contribution in [2.75, 3.05) is 32.8 Å². The van der Waals surface area contributed by atoms with Gasteiger partial charge in [-0.15, -0.1) is 0 Å². The average molecular weight is 299 g/mol. The van der Waals surface area contributed by atoms with Gasteiger partial charge < -0.3 is 15.0 Å². The highest BCUT2D eigenvalue weighted by molar-refractivity contribution is 4.85. The fourth-order valence-electron chi connectivity index (χ4n) is 2.89. The molecule has 0 aliphatic carbocycles. The number of nitrogens with one attached hydrogen (secondary N) is 1. The van der Waals surface area contributed by atoms with Crippen molar-refractivity contribution in [1.29, 1.82) is 0 Å². The van der Waals surface area contributed by atoms with Crippen molar-refractivity contribution in [2.24, 2.45) is 5.41 Å². The summed E-state index contributed by atoms with van der Waals surface area (Å²) in [5, 5.41) is 3.69. The summed E-state index contributed by atoms with van der Waals surface area (Å²) in [4.78, 5) is 2.62. The zero-order valence-corrected chi connectivity index (χ0v) is 15.3. The Hall–Kier alpha value is -0.120. The Bertz CT molecular complexity index is 287. The first-order chi connectivity index (χ1) is 9.78. The van der Waals surface area contributed by atoms with Crippen LogP contribution in [0.25, 0.3) is 0 Å². The highest BCUT2D eigenvalue weighted by atomic mass is 16.5. The topological polar surface area (TPSA) is 24.5 Å². The summed E-state index contributed by atoms with van der Waals surface area (Å²) in [5.74, 6) is 0. The van der Waals surface area contributed by atoms with Crippen LogP contribution in [0.15, 0.2) is 0 Å². The van der Waals surface area contributed by atoms with E-state index in [0.29, 0.717) is 11.5 Å². The molecule has 1 N–H and O–H groups in total. The van der Waals surface area contributed by atoms with Crippen LogP contribution in [0, 0.1) is 5.41 Å². The van der Waals surface area contributed by atoms with Crippen molar-refractivity contribution >= 4 is 0 Å². The number of hydrogen-bond donors (Lipinski definition) is 1. The first-order valence-corrected chi connectivity index (χ1v) is 8.87. The molecule has 126 valence electrons. The smallest absolute Gasteiger partial charge is 0.0702 e. The molecule has 2 atom stereocenters. The molecule has 1 rings (SSSR count). The summed E-state index contributed by atoms with van der Waals surface area (Å²) in [6.07, 6.45) is 5.31. The first kappa shape index (κ1) is 18.9. The lowest BCUT2D eigenvalue weighted by atomic mass is 9.85. The Morgan fingerprint density at radius 1 is 1.19 bits per heavy atom. The lowest BCUT2D eigenvalue weighted by Crippen LogP contribution is -2.50. The third kappa shape index (κ3) is 7.62. The van der Waals surface area contributed by atoms with Crippen LogP contribution in [0.2, 0.25) is 0 Å². The van der Waals surface area contributed by atoms with Crippen molar-refractivity contribution in [3.05, 3.63) is 0 Å². The van der Waals surface area contributed by atoms with Gasteiger partial charge in [0.15, 0.2) is 0 Å². The van der Waals surface area contributed by atoms with Crippen molar-refractivity contribution in [1.82, 2.24) is 10.2 Å². The Kier molecular flexibility index (Phi) is 7.66. The lowest BCUT2D eigenvalue weighted by Gasteiger charge is -2.40. The van der Waals surface area contributed by atoms with E-state index in [1.165, 1.54) is 32.4 Å². The van der Waals surface area contributed by atoms with Gasteiger partial charge in [-0.2, -0.15) is 0 Å². The van der Waals surface area contributed by atoms with E-state index in [4.69, 9.17) is 4.74 Å². The maximum atomic E-state index is 5.97. The quantitative estimate of drug-likeness (QED) is 0.740. The van der Waals surface area contributed by atoms with Crippen LogP contribution < -0.4 is 5.32 Å². The monoisotopic (exact) mass is 298 g/mol. The number of nitrogens with zero attached hydrogens (tertiary/aromatic N) is 1. The molecule has 1 aliphatic rings. The molecule has 0 radical (unpaired) electrons. The van der Waals surface area contributed by atoms with E-state index < -0.39 is 0 Å². The van der Waals surface area contributed by atoms with Gasteiger partial charge in [0.1, 0.15) is 0 Å². The van der Waals surface area contributed by atoms with Crippen molar-refractivity contribution in [2.45, 2.75) is 78.9 Å². The normalized spacial score (nSPS) is 24.0. The van der Waals surface area contributed by atoms with Gasteiger partial charge in [-0.1, -0.05) is 20.8 Å². The minimum absolute atomic E-state index is 0.200. The molecule has 0 bridgehead atoms. The number of likely N-dealkylation sites (tertiary alicyclic amines) is 1. The van der Waals surface area contributed by atoms with Crippen LogP contribution in [-0.4, -0.2) is 49.3 Å². The van der Waals surface area contributed by atoms with Gasteiger partial charge in [-0.25, -0.2) is 0 Å². The van der Waals surface area contributed by atoms with E-state index in [1.807, 2.05) is 0 Å². The Balaban J connectivity index is 2.47. The molecule has 0 aromatic carbocycles. The Labute approximate surface area is 132 Å². The van der Waals surface area contributed by atoms with Crippen molar-refractivity contribution in [3.63, 3.8) is 0 Å². The second kappa shape index (κ2) is 8.50. The van der Waals surface area contributed by atoms with Crippen LogP contribution in [-0.2, 0) is 4.74 Å². The zero-order chi connectivity index (χ0) is 15.9. The van der Waals surface area contributed by atoms with E-state index in [9.17, 15) is 0 Å². The van der Waals surface area contributed by atoms with E-state index in [1.54, 1.807) is 0 Å². The molecule has 21 heavy (non-hydrogen) atoms. The second-order valence-corrected chi connectivity index (χ2v) is 8.14. The summed E-state index contributed by atoms with van der Waals surface area (Å²) in [7, 11) is 0. The number of hydrogen-bond acceptors (Lipinski definition) is 3. The van der Waals surface area contributed by atoms with E-state index in [0.717, 1.165) is 26.1 Å². The molecule has 0 amide bonds. The highest BCUT2D eigenvalue weighted by Gasteiger charge is 2.29. The molecule has 0 spiro atoms. The van der Waals surface area contributed by atoms with Crippen LogP contribution in [0.5, 0.6) is 0 Å². The number of ether oxygens (including phenoxy) is 1. The minimum Gasteiger partial charge on any atom is -0.377 e. The summed E-state index contributed by atoms with van der Waals surface area (Å²) >= 11 is 0. The van der Waals surface area contributed by atoms with Crippen LogP contribution in [0.3, 0.4) is 0 Å². The number of piperidine rings is 1. The largest absolute Gasteiger partial charge is 0.377 e. The van der Waals surface area contributed by atoms with Gasteiger partial charge in [0.25, 0.3) is 0 Å². The van der Waals surface area contributed by atoms with Crippen molar-refractivity contribution < 1.29 is 4.74 Å². The van der Waals surface area contributed by atoms with Gasteiger partial charge in [0, 0.05) is 31.8 Å². The van der Waals surface area contributed by atoms with E-state index >= 15 is 0 Å². The summed E-state index contributed by atoms with van der Waals surface area (Å²) in [6, 6.07) is 0. The lowest BCUT2D eigenvalue weighted by molar-refractivity contribution is -0.0111. The summed E-state index contributed by atoms with van der Waals surface area (Å²) in [6.45, 7) is 19.2. The third-order valence-corrected chi connectivity index (χ3v) is 4.52. The standard InChI is InChI=1S/C18H38N2O/c1-7-12-21-16-10-9-11-20(13-16)15-18(6,8-2)14-19-17(3,4)5/h16,19H,7-15H2,1-6H3. The van der Waals surface area contributed by atoms with Crippen LogP contribution in [0.4, 0.5) is 0 Å². The molecular weight excluding hydrogens is 260 g/mol. The SMILES string of the molecule is CCCOC1CCCN(CC(C)(CC)CNC(C)(C)C)C1. The van der Waals surface area contributed by atoms with Crippen LogP contribution in [0.1, 0.15) is 67.2 Å². The summed E-state index contributed by atoms with van der Waals surface area (Å²) in [5.41, 5.74) is 0.547. The molecule has 0 saturated carbocycles. The fraction of sp³-hybridized carbons (Fsp3) is 1.00. The number of rotatable bonds is 8. The van der Waals surface area contributed by atoms with E-state index in [-0.39, 0.29) is 5.54 Å². The predicted octanol–water partition coefficient (Wildman–Crippen LogP) is 3.68. The molecule has 3 heteroatoms. The minimum atomic E-state index is 0.200. The van der Waals surface area contributed by atoms with Gasteiger partial charge in [-0.3, -0.25) is 0 Å². The zero-order valence-electron chi connectivity index (χ0n) is 15.3. The molecule has 1 aliphatic heterocycles. The maximum absolute atomic E-state index is 5.97. The van der Waals surface area contributed by atoms with Gasteiger partial charge in [0.05, 0.1) is 6.10 Å². The molecule has 0 aromatic heterocycles.